The molecule has 1 aromatic carbocycles. The molecule has 2 aromatic rings. The van der Waals surface area contributed by atoms with Gasteiger partial charge in [-0.15, -0.1) is 11.3 Å². The van der Waals surface area contributed by atoms with Crippen LogP contribution in [-0.4, -0.2) is 49.5 Å². The van der Waals surface area contributed by atoms with Crippen molar-refractivity contribution in [3.8, 4) is 5.75 Å². The number of thiophene rings is 1. The Morgan fingerprint density at radius 3 is 2.74 bits per heavy atom. The Kier molecular flexibility index (Phi) is 6.71. The summed E-state index contributed by atoms with van der Waals surface area (Å²) in [4.78, 5) is 27.3. The van der Waals surface area contributed by atoms with Gasteiger partial charge >= 0.3 is 0 Å². The number of amides is 2. The van der Waals surface area contributed by atoms with Gasteiger partial charge in [0.25, 0.3) is 5.91 Å². The predicted molar refractivity (Wildman–Crippen MR) is 108 cm³/mol. The minimum absolute atomic E-state index is 0.0192. The van der Waals surface area contributed by atoms with Crippen molar-refractivity contribution in [3.63, 3.8) is 0 Å². The number of carbonyl (C=O) groups is 2. The molecule has 1 aliphatic heterocycles. The second-order valence-corrected chi connectivity index (χ2v) is 7.78. The van der Waals surface area contributed by atoms with Gasteiger partial charge in [-0.2, -0.15) is 0 Å². The highest BCUT2D eigenvalue weighted by molar-refractivity contribution is 7.12. The first kappa shape index (κ1) is 19.7. The van der Waals surface area contributed by atoms with E-state index in [1.165, 1.54) is 11.3 Å². The van der Waals surface area contributed by atoms with Crippen molar-refractivity contribution in [2.45, 2.75) is 18.9 Å². The van der Waals surface area contributed by atoms with Crippen LogP contribution in [0.4, 0.5) is 5.69 Å². The normalized spacial score (nSPS) is 15.3. The average Bonchev–Trinajstić information content (AvgIpc) is 3.18. The van der Waals surface area contributed by atoms with Crippen LogP contribution in [0.15, 0.2) is 35.7 Å². The van der Waals surface area contributed by atoms with E-state index in [1.54, 1.807) is 25.3 Å². The van der Waals surface area contributed by atoms with Gasteiger partial charge in [-0.1, -0.05) is 17.7 Å². The highest BCUT2D eigenvalue weighted by Crippen LogP contribution is 2.27. The lowest BCUT2D eigenvalue weighted by atomic mass is 10.0. The lowest BCUT2D eigenvalue weighted by Gasteiger charge is -2.31. The maximum absolute atomic E-state index is 12.4. The number of likely N-dealkylation sites (tertiary alicyclic amines) is 1. The summed E-state index contributed by atoms with van der Waals surface area (Å²) in [6.07, 6.45) is 1.65. The van der Waals surface area contributed by atoms with Crippen molar-refractivity contribution < 1.29 is 14.3 Å². The summed E-state index contributed by atoms with van der Waals surface area (Å²) < 4.78 is 5.25. The van der Waals surface area contributed by atoms with Crippen LogP contribution < -0.4 is 15.4 Å². The van der Waals surface area contributed by atoms with Gasteiger partial charge in [0.1, 0.15) is 5.75 Å². The zero-order valence-electron chi connectivity index (χ0n) is 15.0. The summed E-state index contributed by atoms with van der Waals surface area (Å²) in [5, 5.41) is 8.35. The van der Waals surface area contributed by atoms with Crippen LogP contribution in [0.25, 0.3) is 0 Å². The molecule has 0 bridgehead atoms. The van der Waals surface area contributed by atoms with Crippen LogP contribution in [0, 0.1) is 0 Å². The first-order valence-electron chi connectivity index (χ1n) is 8.75. The number of carbonyl (C=O) groups excluding carboxylic acids is 2. The number of ether oxygens (including phenoxy) is 1. The van der Waals surface area contributed by atoms with Crippen LogP contribution in [0.3, 0.4) is 0 Å². The van der Waals surface area contributed by atoms with E-state index in [2.05, 4.69) is 15.5 Å². The van der Waals surface area contributed by atoms with Crippen LogP contribution in [0.2, 0.25) is 5.02 Å². The largest absolute Gasteiger partial charge is 0.495 e. The third kappa shape index (κ3) is 5.45. The van der Waals surface area contributed by atoms with Crippen molar-refractivity contribution in [1.82, 2.24) is 10.2 Å². The van der Waals surface area contributed by atoms with Crippen LogP contribution in [-0.2, 0) is 4.79 Å². The molecule has 0 spiro atoms. The summed E-state index contributed by atoms with van der Waals surface area (Å²) in [5.74, 6) is 0.439. The van der Waals surface area contributed by atoms with Gasteiger partial charge in [0.05, 0.1) is 24.2 Å². The predicted octanol–water partition coefficient (Wildman–Crippen LogP) is 3.24. The summed E-state index contributed by atoms with van der Waals surface area (Å²) in [5.41, 5.74) is 0.563. The molecule has 2 amide bonds. The van der Waals surface area contributed by atoms with E-state index < -0.39 is 0 Å². The van der Waals surface area contributed by atoms with E-state index in [9.17, 15) is 9.59 Å². The molecule has 3 rings (SSSR count). The topological polar surface area (TPSA) is 70.7 Å². The molecular weight excluding hydrogens is 386 g/mol. The number of halogens is 1. The lowest BCUT2D eigenvalue weighted by Crippen LogP contribution is -2.46. The van der Waals surface area contributed by atoms with Gasteiger partial charge in [0.2, 0.25) is 5.91 Å². The van der Waals surface area contributed by atoms with Crippen molar-refractivity contribution in [1.29, 1.82) is 0 Å². The molecule has 144 valence electrons. The SMILES string of the molecule is COc1ccc(Cl)cc1NC(=O)CN1CCC(NC(=O)c2cccs2)CC1. The number of anilines is 1. The number of piperidine rings is 1. The summed E-state index contributed by atoms with van der Waals surface area (Å²) in [6, 6.07) is 8.95. The molecule has 0 unspecified atom stereocenters. The van der Waals surface area contributed by atoms with E-state index in [1.807, 2.05) is 17.5 Å². The zero-order valence-corrected chi connectivity index (χ0v) is 16.6. The van der Waals surface area contributed by atoms with Crippen molar-refractivity contribution >= 4 is 40.4 Å². The van der Waals surface area contributed by atoms with E-state index in [4.69, 9.17) is 16.3 Å². The van der Waals surface area contributed by atoms with Crippen LogP contribution >= 0.6 is 22.9 Å². The number of hydrogen-bond acceptors (Lipinski definition) is 5. The van der Waals surface area contributed by atoms with E-state index in [0.29, 0.717) is 23.0 Å². The Bertz CT molecular complexity index is 790. The summed E-state index contributed by atoms with van der Waals surface area (Å²) in [7, 11) is 1.55. The smallest absolute Gasteiger partial charge is 0.261 e. The van der Waals surface area contributed by atoms with Crippen LogP contribution in [0.5, 0.6) is 5.75 Å². The fraction of sp³-hybridized carbons (Fsp3) is 0.368. The molecule has 1 aromatic heterocycles. The molecule has 0 aliphatic carbocycles. The van der Waals surface area contributed by atoms with E-state index in [0.717, 1.165) is 30.8 Å². The Morgan fingerprint density at radius 1 is 1.30 bits per heavy atom. The first-order valence-corrected chi connectivity index (χ1v) is 10.0. The molecule has 1 saturated heterocycles. The fourth-order valence-electron chi connectivity index (χ4n) is 3.07. The third-order valence-corrected chi connectivity index (χ3v) is 5.57. The highest BCUT2D eigenvalue weighted by Gasteiger charge is 2.23. The second kappa shape index (κ2) is 9.21. The molecule has 2 N–H and O–H groups in total. The maximum Gasteiger partial charge on any atom is 0.261 e. The lowest BCUT2D eigenvalue weighted by molar-refractivity contribution is -0.117. The Labute approximate surface area is 167 Å². The molecule has 1 aliphatic rings. The quantitative estimate of drug-likeness (QED) is 0.771. The number of nitrogens with zero attached hydrogens (tertiary/aromatic N) is 1. The molecule has 2 heterocycles. The minimum Gasteiger partial charge on any atom is -0.495 e. The minimum atomic E-state index is -0.114. The molecular formula is C19H22ClN3O3S. The van der Waals surface area contributed by atoms with Gasteiger partial charge < -0.3 is 15.4 Å². The number of methoxy groups -OCH3 is 1. The summed E-state index contributed by atoms with van der Waals surface area (Å²) in [6.45, 7) is 1.81. The number of hydrogen-bond donors (Lipinski definition) is 2. The molecule has 0 saturated carbocycles. The highest BCUT2D eigenvalue weighted by atomic mass is 35.5. The Morgan fingerprint density at radius 2 is 2.07 bits per heavy atom. The number of benzene rings is 1. The molecule has 0 atom stereocenters. The summed E-state index contributed by atoms with van der Waals surface area (Å²) >= 11 is 7.43. The van der Waals surface area contributed by atoms with Crippen molar-refractivity contribution in [2.75, 3.05) is 32.1 Å². The van der Waals surface area contributed by atoms with Gasteiger partial charge in [-0.3, -0.25) is 14.5 Å². The first-order chi connectivity index (χ1) is 13.0. The van der Waals surface area contributed by atoms with Gasteiger partial charge in [0, 0.05) is 24.2 Å². The second-order valence-electron chi connectivity index (χ2n) is 6.39. The number of rotatable bonds is 6. The van der Waals surface area contributed by atoms with Gasteiger partial charge in [-0.25, -0.2) is 0 Å². The van der Waals surface area contributed by atoms with Crippen molar-refractivity contribution in [2.24, 2.45) is 0 Å². The van der Waals surface area contributed by atoms with Crippen LogP contribution in [0.1, 0.15) is 22.5 Å². The fourth-order valence-corrected chi connectivity index (χ4v) is 3.87. The molecule has 8 heteroatoms. The van der Waals surface area contributed by atoms with Gasteiger partial charge in [0.15, 0.2) is 0 Å². The molecule has 0 radical (unpaired) electrons. The average molecular weight is 408 g/mol. The standard InChI is InChI=1S/C19H22ClN3O3S/c1-26-16-5-4-13(20)11-15(16)22-18(24)12-23-8-6-14(7-9-23)21-19(25)17-3-2-10-27-17/h2-5,10-11,14H,6-9,12H2,1H3,(H,21,25)(H,22,24). The molecule has 6 nitrogen and oxygen atoms in total. The molecule has 27 heavy (non-hydrogen) atoms. The molecule has 1 fully saturated rings. The number of nitrogens with one attached hydrogen (secondary N) is 2. The Hall–Kier alpha value is -2.09. The monoisotopic (exact) mass is 407 g/mol. The zero-order chi connectivity index (χ0) is 19.2. The Balaban J connectivity index is 1.45. The maximum atomic E-state index is 12.4. The van der Waals surface area contributed by atoms with E-state index >= 15 is 0 Å². The third-order valence-electron chi connectivity index (χ3n) is 4.47. The van der Waals surface area contributed by atoms with E-state index in [-0.39, 0.29) is 17.9 Å². The van der Waals surface area contributed by atoms with Crippen molar-refractivity contribution in [3.05, 3.63) is 45.6 Å². The van der Waals surface area contributed by atoms with Gasteiger partial charge in [-0.05, 0) is 42.5 Å².